The first-order chi connectivity index (χ1) is 13.0. The van der Waals surface area contributed by atoms with Gasteiger partial charge in [0.2, 0.25) is 0 Å². The van der Waals surface area contributed by atoms with Gasteiger partial charge in [-0.2, -0.15) is 9.78 Å². The average Bonchev–Trinajstić information content (AvgIpc) is 2.69. The Kier molecular flexibility index (Phi) is 5.54. The number of amides is 1. The van der Waals surface area contributed by atoms with E-state index in [-0.39, 0.29) is 23.2 Å². The number of carbonyl (C=O) groups excluding carboxylic acids is 1. The van der Waals surface area contributed by atoms with E-state index in [1.165, 1.54) is 4.68 Å². The molecule has 0 saturated carbocycles. The van der Waals surface area contributed by atoms with Gasteiger partial charge in [0.05, 0.1) is 17.7 Å². The number of aromatic nitrogens is 2. The summed E-state index contributed by atoms with van der Waals surface area (Å²) in [5, 5.41) is 8.31. The molecule has 27 heavy (non-hydrogen) atoms. The van der Waals surface area contributed by atoms with Gasteiger partial charge in [0, 0.05) is 11.4 Å². The second-order valence-electron chi connectivity index (χ2n) is 6.32. The van der Waals surface area contributed by atoms with Crippen LogP contribution in [0.1, 0.15) is 37.7 Å². The molecule has 0 aliphatic heterocycles. The van der Waals surface area contributed by atoms with Crippen LogP contribution in [0.25, 0.3) is 16.5 Å². The maximum atomic E-state index is 12.9. The number of ether oxygens (including phenoxy) is 1. The molecule has 0 fully saturated rings. The molecule has 1 atom stereocenters. The zero-order valence-electron chi connectivity index (χ0n) is 15.7. The fraction of sp³-hybridized carbons (Fsp3) is 0.286. The van der Waals surface area contributed by atoms with Crippen molar-refractivity contribution in [2.24, 2.45) is 0 Å². The van der Waals surface area contributed by atoms with Crippen LogP contribution < -0.4 is 15.6 Å². The van der Waals surface area contributed by atoms with Crippen molar-refractivity contribution < 1.29 is 9.53 Å². The molecule has 0 radical (unpaired) electrons. The summed E-state index contributed by atoms with van der Waals surface area (Å²) >= 11 is 0. The number of benzene rings is 2. The van der Waals surface area contributed by atoms with Gasteiger partial charge < -0.3 is 10.1 Å². The number of nitrogens with zero attached hydrogens (tertiary/aromatic N) is 2. The van der Waals surface area contributed by atoms with Crippen LogP contribution in [0.15, 0.2) is 53.3 Å². The number of hydrogen-bond donors (Lipinski definition) is 1. The van der Waals surface area contributed by atoms with Gasteiger partial charge in [-0.3, -0.25) is 9.59 Å². The lowest BCUT2D eigenvalue weighted by atomic mass is 10.1. The third-order valence-corrected chi connectivity index (χ3v) is 4.40. The summed E-state index contributed by atoms with van der Waals surface area (Å²) < 4.78 is 6.71. The molecular weight excluding hydrogens is 342 g/mol. The monoisotopic (exact) mass is 365 g/mol. The van der Waals surface area contributed by atoms with Crippen LogP contribution in [0.4, 0.5) is 0 Å². The molecule has 140 valence electrons. The van der Waals surface area contributed by atoms with E-state index >= 15 is 0 Å². The van der Waals surface area contributed by atoms with Crippen LogP contribution in [-0.4, -0.2) is 28.3 Å². The average molecular weight is 365 g/mol. The van der Waals surface area contributed by atoms with E-state index < -0.39 is 0 Å². The third-order valence-electron chi connectivity index (χ3n) is 4.40. The fourth-order valence-electron chi connectivity index (χ4n) is 2.78. The summed E-state index contributed by atoms with van der Waals surface area (Å²) in [5.41, 5.74) is 0.543. The molecule has 1 unspecified atom stereocenters. The minimum atomic E-state index is -0.291. The van der Waals surface area contributed by atoms with E-state index in [9.17, 15) is 9.59 Å². The molecule has 3 rings (SSSR count). The Balaban J connectivity index is 2.14. The van der Waals surface area contributed by atoms with E-state index in [2.05, 4.69) is 10.4 Å². The summed E-state index contributed by atoms with van der Waals surface area (Å²) in [6, 6.07) is 14.1. The minimum absolute atomic E-state index is 0.0175. The second kappa shape index (κ2) is 8.03. The molecule has 0 bridgehead atoms. The Morgan fingerprint density at radius 2 is 1.78 bits per heavy atom. The summed E-state index contributed by atoms with van der Waals surface area (Å²) in [4.78, 5) is 25.7. The minimum Gasteiger partial charge on any atom is -0.494 e. The maximum Gasteiger partial charge on any atom is 0.279 e. The van der Waals surface area contributed by atoms with E-state index in [1.54, 1.807) is 48.5 Å². The number of nitrogens with one attached hydrogen (secondary N) is 1. The van der Waals surface area contributed by atoms with Crippen molar-refractivity contribution >= 4 is 16.7 Å². The Bertz CT molecular complexity index is 1010. The summed E-state index contributed by atoms with van der Waals surface area (Å²) in [6.07, 6.45) is 0.808. The smallest absolute Gasteiger partial charge is 0.279 e. The fourth-order valence-corrected chi connectivity index (χ4v) is 2.78. The van der Waals surface area contributed by atoms with Gasteiger partial charge in [-0.25, -0.2) is 0 Å². The molecule has 6 heteroatoms. The highest BCUT2D eigenvalue weighted by atomic mass is 16.5. The molecule has 1 amide bonds. The van der Waals surface area contributed by atoms with Crippen LogP contribution in [0, 0.1) is 0 Å². The summed E-state index contributed by atoms with van der Waals surface area (Å²) in [7, 11) is 0. The van der Waals surface area contributed by atoms with Crippen molar-refractivity contribution in [3.05, 3.63) is 64.6 Å². The topological polar surface area (TPSA) is 73.2 Å². The Morgan fingerprint density at radius 1 is 1.11 bits per heavy atom. The van der Waals surface area contributed by atoms with Crippen molar-refractivity contribution in [3.8, 4) is 11.4 Å². The van der Waals surface area contributed by atoms with E-state index in [0.717, 1.165) is 6.42 Å². The van der Waals surface area contributed by atoms with Crippen LogP contribution >= 0.6 is 0 Å². The first-order valence-corrected chi connectivity index (χ1v) is 9.11. The van der Waals surface area contributed by atoms with Crippen LogP contribution in [-0.2, 0) is 0 Å². The Labute approximate surface area is 157 Å². The molecule has 3 aromatic rings. The van der Waals surface area contributed by atoms with Crippen molar-refractivity contribution in [1.82, 2.24) is 15.1 Å². The summed E-state index contributed by atoms with van der Waals surface area (Å²) in [5.74, 6) is 0.421. The van der Waals surface area contributed by atoms with Crippen molar-refractivity contribution in [2.75, 3.05) is 6.61 Å². The molecule has 0 saturated heterocycles. The van der Waals surface area contributed by atoms with Crippen molar-refractivity contribution in [2.45, 2.75) is 33.2 Å². The number of hydrogen-bond acceptors (Lipinski definition) is 4. The zero-order chi connectivity index (χ0) is 19.4. The van der Waals surface area contributed by atoms with E-state index in [4.69, 9.17) is 4.74 Å². The summed E-state index contributed by atoms with van der Waals surface area (Å²) in [6.45, 7) is 6.40. The van der Waals surface area contributed by atoms with E-state index in [0.29, 0.717) is 28.8 Å². The first kappa shape index (κ1) is 18.6. The van der Waals surface area contributed by atoms with Gasteiger partial charge in [0.15, 0.2) is 5.69 Å². The van der Waals surface area contributed by atoms with Gasteiger partial charge in [-0.15, -0.1) is 0 Å². The SMILES string of the molecule is CCOc1ccc(-n2nc(C(=O)NC(C)CC)c3ccccc3c2=O)cc1. The molecule has 1 N–H and O–H groups in total. The standard InChI is InChI=1S/C21H23N3O3/c1-4-14(3)22-20(25)19-17-8-6-7-9-18(17)21(26)24(23-19)15-10-12-16(13-11-15)27-5-2/h6-14H,4-5H2,1-3H3,(H,22,25). The van der Waals surface area contributed by atoms with Crippen LogP contribution in [0.2, 0.25) is 0 Å². The predicted molar refractivity (Wildman–Crippen MR) is 106 cm³/mol. The van der Waals surface area contributed by atoms with Crippen LogP contribution in [0.5, 0.6) is 5.75 Å². The van der Waals surface area contributed by atoms with Gasteiger partial charge >= 0.3 is 0 Å². The van der Waals surface area contributed by atoms with Gasteiger partial charge in [-0.05, 0) is 50.6 Å². The Morgan fingerprint density at radius 3 is 2.41 bits per heavy atom. The molecule has 0 aliphatic carbocycles. The second-order valence-corrected chi connectivity index (χ2v) is 6.32. The van der Waals surface area contributed by atoms with Gasteiger partial charge in [0.25, 0.3) is 11.5 Å². The number of rotatable bonds is 6. The molecule has 1 heterocycles. The normalized spacial score (nSPS) is 12.0. The Hall–Kier alpha value is -3.15. The number of carbonyl (C=O) groups is 1. The van der Waals surface area contributed by atoms with E-state index in [1.807, 2.05) is 20.8 Å². The van der Waals surface area contributed by atoms with Crippen molar-refractivity contribution in [3.63, 3.8) is 0 Å². The van der Waals surface area contributed by atoms with Gasteiger partial charge in [-0.1, -0.05) is 25.1 Å². The quantitative estimate of drug-likeness (QED) is 0.727. The first-order valence-electron chi connectivity index (χ1n) is 9.11. The number of fused-ring (bicyclic) bond motifs is 1. The maximum absolute atomic E-state index is 12.9. The third kappa shape index (κ3) is 3.84. The van der Waals surface area contributed by atoms with Crippen LogP contribution in [0.3, 0.4) is 0 Å². The zero-order valence-corrected chi connectivity index (χ0v) is 15.7. The lowest BCUT2D eigenvalue weighted by Crippen LogP contribution is -2.34. The highest BCUT2D eigenvalue weighted by Crippen LogP contribution is 2.17. The largest absolute Gasteiger partial charge is 0.494 e. The van der Waals surface area contributed by atoms with Gasteiger partial charge in [0.1, 0.15) is 5.75 Å². The highest BCUT2D eigenvalue weighted by molar-refractivity contribution is 6.04. The lowest BCUT2D eigenvalue weighted by molar-refractivity contribution is 0.0934. The molecule has 2 aromatic carbocycles. The molecule has 0 spiro atoms. The molecule has 0 aliphatic rings. The predicted octanol–water partition coefficient (Wildman–Crippen LogP) is 3.31. The van der Waals surface area contributed by atoms with Crippen molar-refractivity contribution in [1.29, 1.82) is 0 Å². The molecule has 1 aromatic heterocycles. The highest BCUT2D eigenvalue weighted by Gasteiger charge is 2.18. The molecular formula is C21H23N3O3. The molecule has 6 nitrogen and oxygen atoms in total. The lowest BCUT2D eigenvalue weighted by Gasteiger charge is -2.14.